The van der Waals surface area contributed by atoms with Crippen molar-refractivity contribution in [2.24, 2.45) is 0 Å². The Kier molecular flexibility index (Phi) is 5.85. The van der Waals surface area contributed by atoms with Gasteiger partial charge in [0.15, 0.2) is 4.77 Å². The molecule has 8 heteroatoms. The second kappa shape index (κ2) is 8.30. The molecule has 3 rings (SSSR count). The third kappa shape index (κ3) is 4.16. The molecule has 0 unspecified atom stereocenters. The molecule has 27 heavy (non-hydrogen) atoms. The third-order valence-corrected chi connectivity index (χ3v) is 4.96. The van der Waals surface area contributed by atoms with Gasteiger partial charge in [0.25, 0.3) is 11.5 Å². The van der Waals surface area contributed by atoms with Gasteiger partial charge in [-0.2, -0.15) is 0 Å². The summed E-state index contributed by atoms with van der Waals surface area (Å²) in [4.78, 5) is 41.7. The van der Waals surface area contributed by atoms with Gasteiger partial charge in [0.2, 0.25) is 5.91 Å². The topological polar surface area (TPSA) is 87.2 Å². The lowest BCUT2D eigenvalue weighted by Crippen LogP contribution is -2.32. The van der Waals surface area contributed by atoms with Crippen LogP contribution in [0.25, 0.3) is 10.9 Å². The van der Waals surface area contributed by atoms with Gasteiger partial charge in [0.05, 0.1) is 10.9 Å². The molecule has 0 spiro atoms. The summed E-state index contributed by atoms with van der Waals surface area (Å²) in [6.07, 6.45) is 3.98. The normalized spacial score (nSPS) is 13.7. The molecule has 2 heterocycles. The number of benzene rings is 1. The first-order valence-corrected chi connectivity index (χ1v) is 9.36. The van der Waals surface area contributed by atoms with Crippen molar-refractivity contribution < 1.29 is 9.59 Å². The molecule has 0 bridgehead atoms. The summed E-state index contributed by atoms with van der Waals surface area (Å²) in [6.45, 7) is 5.83. The van der Waals surface area contributed by atoms with Crippen molar-refractivity contribution in [3.8, 4) is 0 Å². The summed E-state index contributed by atoms with van der Waals surface area (Å²) >= 11 is 5.21. The first-order valence-electron chi connectivity index (χ1n) is 8.95. The molecule has 0 atom stereocenters. The Labute approximate surface area is 161 Å². The summed E-state index contributed by atoms with van der Waals surface area (Å²) in [5.74, 6) is -0.223. The molecule has 0 saturated carbocycles. The van der Waals surface area contributed by atoms with Crippen molar-refractivity contribution in [2.45, 2.75) is 25.8 Å². The number of carbonyl (C=O) groups is 2. The molecular weight excluding hydrogens is 364 g/mol. The highest BCUT2D eigenvalue weighted by atomic mass is 32.1. The summed E-state index contributed by atoms with van der Waals surface area (Å²) < 4.78 is 1.69. The predicted molar refractivity (Wildman–Crippen MR) is 106 cm³/mol. The van der Waals surface area contributed by atoms with Gasteiger partial charge in [-0.25, -0.2) is 0 Å². The number of aromatic amines is 1. The van der Waals surface area contributed by atoms with Crippen LogP contribution in [0.2, 0.25) is 0 Å². The molecule has 1 aliphatic heterocycles. The van der Waals surface area contributed by atoms with E-state index < -0.39 is 0 Å². The quantitative estimate of drug-likeness (QED) is 0.587. The van der Waals surface area contributed by atoms with Gasteiger partial charge in [-0.05, 0) is 43.3 Å². The van der Waals surface area contributed by atoms with E-state index in [1.54, 1.807) is 24.3 Å². The fraction of sp³-hybridized carbons (Fsp3) is 0.368. The summed E-state index contributed by atoms with van der Waals surface area (Å²) in [7, 11) is 0. The molecule has 1 saturated heterocycles. The Hall–Kier alpha value is -2.74. The lowest BCUT2D eigenvalue weighted by molar-refractivity contribution is -0.129. The lowest BCUT2D eigenvalue weighted by Gasteiger charge is -2.15. The predicted octanol–water partition coefficient (Wildman–Crippen LogP) is 1.99. The zero-order chi connectivity index (χ0) is 19.4. The molecule has 1 aromatic carbocycles. The highest BCUT2D eigenvalue weighted by molar-refractivity contribution is 7.71. The van der Waals surface area contributed by atoms with Gasteiger partial charge >= 0.3 is 0 Å². The SMILES string of the molecule is C=CCn1c(=S)[nH]c2cc(C(=O)NCCC(=O)N3CCCC3)ccc2c1=O. The number of fused-ring (bicyclic) bond motifs is 1. The van der Waals surface area contributed by atoms with Crippen molar-refractivity contribution >= 4 is 34.9 Å². The fourth-order valence-corrected chi connectivity index (χ4v) is 3.47. The second-order valence-corrected chi connectivity index (χ2v) is 6.88. The largest absolute Gasteiger partial charge is 0.352 e. The number of amides is 2. The van der Waals surface area contributed by atoms with E-state index in [0.29, 0.717) is 23.0 Å². The Balaban J connectivity index is 1.71. The van der Waals surface area contributed by atoms with Crippen LogP contribution >= 0.6 is 12.2 Å². The maximum Gasteiger partial charge on any atom is 0.262 e. The van der Waals surface area contributed by atoms with Gasteiger partial charge in [-0.1, -0.05) is 6.08 Å². The summed E-state index contributed by atoms with van der Waals surface area (Å²) in [5, 5.41) is 3.21. The van der Waals surface area contributed by atoms with E-state index >= 15 is 0 Å². The summed E-state index contributed by atoms with van der Waals surface area (Å²) in [6, 6.07) is 4.80. The number of nitrogens with one attached hydrogen (secondary N) is 2. The van der Waals surface area contributed by atoms with Crippen LogP contribution < -0.4 is 10.9 Å². The van der Waals surface area contributed by atoms with Crippen molar-refractivity contribution in [2.75, 3.05) is 19.6 Å². The minimum atomic E-state index is -0.291. The fourth-order valence-electron chi connectivity index (χ4n) is 3.20. The number of hydrogen-bond donors (Lipinski definition) is 2. The average Bonchev–Trinajstić information content (AvgIpc) is 3.19. The van der Waals surface area contributed by atoms with E-state index in [-0.39, 0.29) is 35.1 Å². The Bertz CT molecular complexity index is 1000. The molecule has 1 aliphatic rings. The standard InChI is InChI=1S/C19H22N4O3S/c1-2-9-23-18(26)14-6-5-13(12-15(14)21-19(23)27)17(25)20-8-7-16(24)22-10-3-4-11-22/h2,5-6,12H,1,3-4,7-11H2,(H,20,25)(H,21,27). The van der Waals surface area contributed by atoms with Crippen LogP contribution in [-0.4, -0.2) is 45.9 Å². The van der Waals surface area contributed by atoms with Crippen LogP contribution in [0.1, 0.15) is 29.6 Å². The number of rotatable bonds is 6. The summed E-state index contributed by atoms with van der Waals surface area (Å²) in [5.41, 5.74) is 0.686. The van der Waals surface area contributed by atoms with Crippen LogP contribution in [0, 0.1) is 4.77 Å². The van der Waals surface area contributed by atoms with E-state index in [2.05, 4.69) is 16.9 Å². The highest BCUT2D eigenvalue weighted by Crippen LogP contribution is 2.11. The Morgan fingerprint density at radius 1 is 1.30 bits per heavy atom. The zero-order valence-corrected chi connectivity index (χ0v) is 15.8. The van der Waals surface area contributed by atoms with Crippen molar-refractivity contribution in [3.05, 3.63) is 51.5 Å². The van der Waals surface area contributed by atoms with E-state index in [1.165, 1.54) is 4.57 Å². The monoisotopic (exact) mass is 386 g/mol. The maximum atomic E-state index is 12.5. The van der Waals surface area contributed by atoms with Crippen LogP contribution in [0.5, 0.6) is 0 Å². The molecule has 1 fully saturated rings. The molecule has 7 nitrogen and oxygen atoms in total. The Morgan fingerprint density at radius 2 is 2.04 bits per heavy atom. The number of carbonyl (C=O) groups excluding carboxylic acids is 2. The van der Waals surface area contributed by atoms with Gasteiger partial charge in [0.1, 0.15) is 0 Å². The molecule has 2 N–H and O–H groups in total. The van der Waals surface area contributed by atoms with Gasteiger partial charge in [0, 0.05) is 38.2 Å². The van der Waals surface area contributed by atoms with Crippen LogP contribution in [0.15, 0.2) is 35.6 Å². The maximum absolute atomic E-state index is 12.5. The Morgan fingerprint density at radius 3 is 2.74 bits per heavy atom. The van der Waals surface area contributed by atoms with Crippen molar-refractivity contribution in [1.82, 2.24) is 19.8 Å². The molecule has 2 amide bonds. The molecule has 0 radical (unpaired) electrons. The molecule has 1 aromatic heterocycles. The van der Waals surface area contributed by atoms with Crippen molar-refractivity contribution in [3.63, 3.8) is 0 Å². The van der Waals surface area contributed by atoms with Crippen LogP contribution in [-0.2, 0) is 11.3 Å². The highest BCUT2D eigenvalue weighted by Gasteiger charge is 2.17. The van der Waals surface area contributed by atoms with Crippen molar-refractivity contribution in [1.29, 1.82) is 0 Å². The first kappa shape index (κ1) is 19.0. The number of aromatic nitrogens is 2. The van der Waals surface area contributed by atoms with E-state index in [1.807, 2.05) is 4.90 Å². The van der Waals surface area contributed by atoms with E-state index in [0.717, 1.165) is 25.9 Å². The number of H-pyrrole nitrogens is 1. The lowest BCUT2D eigenvalue weighted by atomic mass is 10.1. The molecular formula is C19H22N4O3S. The van der Waals surface area contributed by atoms with Gasteiger partial charge in [-0.15, -0.1) is 6.58 Å². The minimum absolute atomic E-state index is 0.0677. The van der Waals surface area contributed by atoms with Crippen LogP contribution in [0.4, 0.5) is 0 Å². The second-order valence-electron chi connectivity index (χ2n) is 6.49. The number of hydrogen-bond acceptors (Lipinski definition) is 4. The molecule has 142 valence electrons. The van der Waals surface area contributed by atoms with E-state index in [4.69, 9.17) is 12.2 Å². The first-order chi connectivity index (χ1) is 13.0. The number of nitrogens with zero attached hydrogens (tertiary/aromatic N) is 2. The number of allylic oxidation sites excluding steroid dienone is 1. The zero-order valence-electron chi connectivity index (χ0n) is 15.0. The minimum Gasteiger partial charge on any atom is -0.352 e. The molecule has 0 aliphatic carbocycles. The molecule has 2 aromatic rings. The third-order valence-electron chi connectivity index (χ3n) is 4.64. The van der Waals surface area contributed by atoms with Gasteiger partial charge < -0.3 is 15.2 Å². The van der Waals surface area contributed by atoms with E-state index in [9.17, 15) is 14.4 Å². The number of likely N-dealkylation sites (tertiary alicyclic amines) is 1. The van der Waals surface area contributed by atoms with Crippen LogP contribution in [0.3, 0.4) is 0 Å². The average molecular weight is 386 g/mol. The smallest absolute Gasteiger partial charge is 0.262 e. The van der Waals surface area contributed by atoms with Gasteiger partial charge in [-0.3, -0.25) is 19.0 Å².